The third-order valence-electron chi connectivity index (χ3n) is 4.04. The van der Waals surface area contributed by atoms with Crippen molar-refractivity contribution >= 4 is 6.01 Å². The molecule has 0 unspecified atom stereocenters. The monoisotopic (exact) mass is 207 g/mol. The fourth-order valence-corrected chi connectivity index (χ4v) is 3.02. The van der Waals surface area contributed by atoms with Crippen LogP contribution in [-0.4, -0.2) is 10.2 Å². The number of nitrogen functional groups attached to an aromatic ring is 1. The van der Waals surface area contributed by atoms with Gasteiger partial charge in [-0.15, -0.1) is 5.10 Å². The molecule has 0 aromatic carbocycles. The van der Waals surface area contributed by atoms with E-state index in [0.717, 1.165) is 11.8 Å². The first kappa shape index (κ1) is 9.19. The Labute approximate surface area is 89.2 Å². The van der Waals surface area contributed by atoms with Gasteiger partial charge in [-0.2, -0.15) is 0 Å². The average molecular weight is 207 g/mol. The fraction of sp³-hybridized carbons (Fsp3) is 0.818. The Morgan fingerprint density at radius 2 is 1.87 bits per heavy atom. The van der Waals surface area contributed by atoms with E-state index in [1.807, 2.05) is 0 Å². The predicted octanol–water partition coefficient (Wildman–Crippen LogP) is 2.26. The number of rotatable bonds is 2. The topological polar surface area (TPSA) is 64.9 Å². The van der Waals surface area contributed by atoms with E-state index in [1.54, 1.807) is 0 Å². The van der Waals surface area contributed by atoms with Crippen LogP contribution in [-0.2, 0) is 5.41 Å². The highest BCUT2D eigenvalue weighted by molar-refractivity contribution is 5.20. The van der Waals surface area contributed by atoms with Crippen LogP contribution in [0.25, 0.3) is 0 Å². The first-order valence-corrected chi connectivity index (χ1v) is 5.91. The lowest BCUT2D eigenvalue weighted by Gasteiger charge is -2.27. The highest BCUT2D eigenvalue weighted by Crippen LogP contribution is 2.57. The lowest BCUT2D eigenvalue weighted by molar-refractivity contribution is 0.255. The van der Waals surface area contributed by atoms with Crippen molar-refractivity contribution in [1.82, 2.24) is 10.2 Å². The van der Waals surface area contributed by atoms with Gasteiger partial charge in [-0.05, 0) is 31.6 Å². The molecular formula is C11H17N3O. The zero-order chi connectivity index (χ0) is 10.3. The summed E-state index contributed by atoms with van der Waals surface area (Å²) >= 11 is 0. The SMILES string of the molecule is Nc1nnc(C2(C3CCCCC3)CC2)o1. The number of hydrogen-bond acceptors (Lipinski definition) is 4. The summed E-state index contributed by atoms with van der Waals surface area (Å²) in [5, 5.41) is 7.86. The lowest BCUT2D eigenvalue weighted by atomic mass is 9.77. The van der Waals surface area contributed by atoms with Crippen molar-refractivity contribution in [2.45, 2.75) is 50.4 Å². The van der Waals surface area contributed by atoms with Gasteiger partial charge in [-0.1, -0.05) is 24.4 Å². The van der Waals surface area contributed by atoms with Crippen LogP contribution in [0.5, 0.6) is 0 Å². The number of aromatic nitrogens is 2. The van der Waals surface area contributed by atoms with E-state index in [2.05, 4.69) is 10.2 Å². The van der Waals surface area contributed by atoms with E-state index in [0.29, 0.717) is 0 Å². The summed E-state index contributed by atoms with van der Waals surface area (Å²) in [4.78, 5) is 0. The highest BCUT2D eigenvalue weighted by atomic mass is 16.4. The van der Waals surface area contributed by atoms with Crippen LogP contribution < -0.4 is 5.73 Å². The number of nitrogens with zero attached hydrogens (tertiary/aromatic N) is 2. The Morgan fingerprint density at radius 1 is 1.13 bits per heavy atom. The minimum Gasteiger partial charge on any atom is -0.408 e. The fourth-order valence-electron chi connectivity index (χ4n) is 3.02. The lowest BCUT2D eigenvalue weighted by Crippen LogP contribution is -2.23. The van der Waals surface area contributed by atoms with Crippen LogP contribution in [0.3, 0.4) is 0 Å². The molecule has 2 fully saturated rings. The molecule has 1 aromatic heterocycles. The van der Waals surface area contributed by atoms with Crippen molar-refractivity contribution in [2.24, 2.45) is 5.92 Å². The molecule has 0 bridgehead atoms. The van der Waals surface area contributed by atoms with Crippen LogP contribution in [0.2, 0.25) is 0 Å². The van der Waals surface area contributed by atoms with Crippen molar-refractivity contribution in [2.75, 3.05) is 5.73 Å². The summed E-state index contributed by atoms with van der Waals surface area (Å²) in [5.74, 6) is 1.55. The number of anilines is 1. The first-order chi connectivity index (χ1) is 7.31. The molecule has 2 aliphatic carbocycles. The van der Waals surface area contributed by atoms with Gasteiger partial charge >= 0.3 is 6.01 Å². The van der Waals surface area contributed by atoms with Gasteiger partial charge in [0.2, 0.25) is 5.89 Å². The molecule has 0 saturated heterocycles. The van der Waals surface area contributed by atoms with Gasteiger partial charge < -0.3 is 10.2 Å². The summed E-state index contributed by atoms with van der Waals surface area (Å²) in [5.41, 5.74) is 5.71. The first-order valence-electron chi connectivity index (χ1n) is 5.91. The molecule has 4 nitrogen and oxygen atoms in total. The molecule has 15 heavy (non-hydrogen) atoms. The average Bonchev–Trinajstić information content (AvgIpc) is 2.98. The molecule has 0 atom stereocenters. The Balaban J connectivity index is 1.83. The van der Waals surface area contributed by atoms with Crippen LogP contribution in [0, 0.1) is 5.92 Å². The van der Waals surface area contributed by atoms with Gasteiger partial charge in [0.1, 0.15) is 0 Å². The Bertz CT molecular complexity index is 350. The summed E-state index contributed by atoms with van der Waals surface area (Å²) in [7, 11) is 0. The summed E-state index contributed by atoms with van der Waals surface area (Å²) in [6, 6.07) is 0.215. The Kier molecular flexibility index (Phi) is 1.97. The van der Waals surface area contributed by atoms with E-state index < -0.39 is 0 Å². The van der Waals surface area contributed by atoms with Crippen molar-refractivity contribution < 1.29 is 4.42 Å². The minimum absolute atomic E-state index is 0.213. The van der Waals surface area contributed by atoms with Gasteiger partial charge in [-0.25, -0.2) is 0 Å². The Hall–Kier alpha value is -1.06. The molecule has 0 aliphatic heterocycles. The largest absolute Gasteiger partial charge is 0.408 e. The Morgan fingerprint density at radius 3 is 2.40 bits per heavy atom. The molecule has 0 amide bonds. The van der Waals surface area contributed by atoms with E-state index in [9.17, 15) is 0 Å². The summed E-state index contributed by atoms with van der Waals surface area (Å²) in [6.07, 6.45) is 9.16. The quantitative estimate of drug-likeness (QED) is 0.807. The van der Waals surface area contributed by atoms with Crippen molar-refractivity contribution in [1.29, 1.82) is 0 Å². The molecule has 2 aliphatic rings. The summed E-state index contributed by atoms with van der Waals surface area (Å²) in [6.45, 7) is 0. The molecule has 3 rings (SSSR count). The second-order valence-electron chi connectivity index (χ2n) is 4.94. The van der Waals surface area contributed by atoms with E-state index >= 15 is 0 Å². The minimum atomic E-state index is 0.213. The number of hydrogen-bond donors (Lipinski definition) is 1. The number of nitrogens with two attached hydrogens (primary N) is 1. The molecule has 0 spiro atoms. The predicted molar refractivity (Wildman–Crippen MR) is 56.2 cm³/mol. The van der Waals surface area contributed by atoms with Gasteiger partial charge in [0.25, 0.3) is 0 Å². The second kappa shape index (κ2) is 3.22. The maximum absolute atomic E-state index is 5.49. The van der Waals surface area contributed by atoms with Crippen molar-refractivity contribution in [3.63, 3.8) is 0 Å². The van der Waals surface area contributed by atoms with Crippen LogP contribution >= 0.6 is 0 Å². The highest BCUT2D eigenvalue weighted by Gasteiger charge is 2.54. The smallest absolute Gasteiger partial charge is 0.312 e. The van der Waals surface area contributed by atoms with Crippen LogP contribution in [0.1, 0.15) is 50.8 Å². The molecule has 1 aromatic rings. The summed E-state index contributed by atoms with van der Waals surface area (Å²) < 4.78 is 5.42. The second-order valence-corrected chi connectivity index (χ2v) is 4.94. The van der Waals surface area contributed by atoms with Gasteiger partial charge in [0.05, 0.1) is 5.41 Å². The van der Waals surface area contributed by atoms with E-state index in [1.165, 1.54) is 44.9 Å². The molecule has 1 heterocycles. The third-order valence-corrected chi connectivity index (χ3v) is 4.04. The molecule has 2 saturated carbocycles. The molecule has 0 radical (unpaired) electrons. The van der Waals surface area contributed by atoms with Gasteiger partial charge in [0.15, 0.2) is 0 Å². The van der Waals surface area contributed by atoms with Crippen molar-refractivity contribution in [3.05, 3.63) is 5.89 Å². The van der Waals surface area contributed by atoms with Crippen molar-refractivity contribution in [3.8, 4) is 0 Å². The standard InChI is InChI=1S/C11H17N3O/c12-10-14-13-9(15-10)11(6-7-11)8-4-2-1-3-5-8/h8H,1-7H2,(H2,12,14). The molecule has 82 valence electrons. The van der Waals surface area contributed by atoms with Gasteiger partial charge in [-0.3, -0.25) is 0 Å². The van der Waals surface area contributed by atoms with Crippen LogP contribution in [0.15, 0.2) is 4.42 Å². The maximum atomic E-state index is 5.49. The molecule has 2 N–H and O–H groups in total. The molecular weight excluding hydrogens is 190 g/mol. The maximum Gasteiger partial charge on any atom is 0.312 e. The third kappa shape index (κ3) is 1.43. The normalized spacial score (nSPS) is 25.3. The van der Waals surface area contributed by atoms with E-state index in [4.69, 9.17) is 10.2 Å². The van der Waals surface area contributed by atoms with Gasteiger partial charge in [0, 0.05) is 0 Å². The van der Waals surface area contributed by atoms with E-state index in [-0.39, 0.29) is 11.4 Å². The van der Waals surface area contributed by atoms with Crippen LogP contribution in [0.4, 0.5) is 6.01 Å². The zero-order valence-electron chi connectivity index (χ0n) is 8.91. The molecule has 4 heteroatoms. The zero-order valence-corrected chi connectivity index (χ0v) is 8.91.